The van der Waals surface area contributed by atoms with Crippen molar-refractivity contribution in [1.29, 1.82) is 0 Å². The second-order valence-corrected chi connectivity index (χ2v) is 5.87. The van der Waals surface area contributed by atoms with Gasteiger partial charge in [0.05, 0.1) is 16.5 Å². The number of nitrogens with zero attached hydrogens (tertiary/aromatic N) is 1. The van der Waals surface area contributed by atoms with Gasteiger partial charge in [0.25, 0.3) is 0 Å². The molecule has 106 valence electrons. The van der Waals surface area contributed by atoms with E-state index < -0.39 is 5.97 Å². The van der Waals surface area contributed by atoms with Gasteiger partial charge in [0, 0.05) is 0 Å². The lowest BCUT2D eigenvalue weighted by Gasteiger charge is -2.12. The lowest BCUT2D eigenvalue weighted by molar-refractivity contribution is -0.254. The summed E-state index contributed by atoms with van der Waals surface area (Å²) in [5, 5.41) is 11.5. The highest BCUT2D eigenvalue weighted by Crippen LogP contribution is 2.27. The van der Waals surface area contributed by atoms with E-state index in [-0.39, 0.29) is 11.5 Å². The molecule has 0 spiro atoms. The van der Waals surface area contributed by atoms with Crippen molar-refractivity contribution in [2.24, 2.45) is 0 Å². The number of hydrogen-bond acceptors (Lipinski definition) is 5. The van der Waals surface area contributed by atoms with Gasteiger partial charge in [-0.15, -0.1) is 11.3 Å². The Labute approximate surface area is 122 Å². The Hall–Kier alpha value is -1.88. The van der Waals surface area contributed by atoms with Crippen molar-refractivity contribution in [3.05, 3.63) is 45.4 Å². The summed E-state index contributed by atoms with van der Waals surface area (Å²) in [5.41, 5.74) is 1.60. The number of thiazole rings is 1. The van der Waals surface area contributed by atoms with Crippen LogP contribution in [-0.2, 0) is 6.61 Å². The highest BCUT2D eigenvalue weighted by atomic mass is 32.1. The molecule has 0 saturated carbocycles. The first kappa shape index (κ1) is 14.5. The fraction of sp³-hybridized carbons (Fsp3) is 0.333. The maximum atomic E-state index is 10.9. The summed E-state index contributed by atoms with van der Waals surface area (Å²) in [4.78, 5) is 15.2. The fourth-order valence-electron chi connectivity index (χ4n) is 1.93. The molecule has 0 aliphatic rings. The largest absolute Gasteiger partial charge is 0.544 e. The molecule has 2 rings (SSSR count). The molecule has 0 aliphatic heterocycles. The van der Waals surface area contributed by atoms with Gasteiger partial charge in [-0.25, -0.2) is 4.98 Å². The van der Waals surface area contributed by atoms with Gasteiger partial charge in [-0.3, -0.25) is 0 Å². The van der Waals surface area contributed by atoms with Gasteiger partial charge in [0.15, 0.2) is 0 Å². The predicted octanol–water partition coefficient (Wildman–Crippen LogP) is 2.52. The van der Waals surface area contributed by atoms with Crippen LogP contribution in [-0.4, -0.2) is 11.0 Å². The molecule has 0 fully saturated rings. The summed E-state index contributed by atoms with van der Waals surface area (Å²) in [6, 6.07) is 7.83. The van der Waals surface area contributed by atoms with Crippen LogP contribution in [0.1, 0.15) is 45.7 Å². The number of aromatic carboxylic acids is 1. The molecule has 0 aliphatic carbocycles. The van der Waals surface area contributed by atoms with Crippen LogP contribution in [0, 0.1) is 6.92 Å². The van der Waals surface area contributed by atoms with Crippen molar-refractivity contribution >= 4 is 17.3 Å². The van der Waals surface area contributed by atoms with Crippen LogP contribution in [0.3, 0.4) is 0 Å². The van der Waals surface area contributed by atoms with Gasteiger partial charge in [0.1, 0.15) is 17.4 Å². The van der Waals surface area contributed by atoms with Crippen molar-refractivity contribution in [3.8, 4) is 5.75 Å². The molecule has 1 heterocycles. The van der Waals surface area contributed by atoms with Crippen LogP contribution >= 0.6 is 11.3 Å². The van der Waals surface area contributed by atoms with Crippen molar-refractivity contribution in [2.75, 3.05) is 0 Å². The number of aromatic nitrogens is 1. The number of carbonyl (C=O) groups is 1. The smallest absolute Gasteiger partial charge is 0.140 e. The number of aryl methyl sites for hydroxylation is 1. The normalized spacial score (nSPS) is 10.8. The second kappa shape index (κ2) is 6.05. The molecule has 2 aromatic rings. The number of carbonyl (C=O) groups excluding carboxylic acids is 1. The molecule has 0 saturated heterocycles. The zero-order valence-corrected chi connectivity index (χ0v) is 12.5. The zero-order chi connectivity index (χ0) is 14.7. The van der Waals surface area contributed by atoms with E-state index in [1.165, 1.54) is 0 Å². The van der Waals surface area contributed by atoms with Crippen LogP contribution in [0.15, 0.2) is 24.3 Å². The highest BCUT2D eigenvalue weighted by Gasteiger charge is 2.11. The first-order valence-electron chi connectivity index (χ1n) is 6.38. The van der Waals surface area contributed by atoms with E-state index in [0.29, 0.717) is 16.6 Å². The SMILES string of the molecule is Cc1nc(COc2ccccc2C(C)C)sc1C(=O)[O-]. The Bertz CT molecular complexity index is 619. The van der Waals surface area contributed by atoms with E-state index in [1.54, 1.807) is 6.92 Å². The number of rotatable bonds is 5. The first-order chi connectivity index (χ1) is 9.49. The van der Waals surface area contributed by atoms with Crippen molar-refractivity contribution < 1.29 is 14.6 Å². The average molecular weight is 290 g/mol. The Balaban J connectivity index is 2.13. The number of para-hydroxylation sites is 1. The van der Waals surface area contributed by atoms with E-state index >= 15 is 0 Å². The molecule has 20 heavy (non-hydrogen) atoms. The van der Waals surface area contributed by atoms with Gasteiger partial charge < -0.3 is 14.6 Å². The van der Waals surface area contributed by atoms with Gasteiger partial charge in [0.2, 0.25) is 0 Å². The van der Waals surface area contributed by atoms with Crippen LogP contribution in [0.4, 0.5) is 0 Å². The van der Waals surface area contributed by atoms with Gasteiger partial charge in [-0.1, -0.05) is 32.0 Å². The summed E-state index contributed by atoms with van der Waals surface area (Å²) < 4.78 is 5.77. The molecule has 0 radical (unpaired) electrons. The Morgan fingerprint density at radius 1 is 1.40 bits per heavy atom. The molecule has 0 atom stereocenters. The molecule has 0 bridgehead atoms. The van der Waals surface area contributed by atoms with Gasteiger partial charge in [-0.05, 0) is 24.5 Å². The Morgan fingerprint density at radius 3 is 2.70 bits per heavy atom. The summed E-state index contributed by atoms with van der Waals surface area (Å²) in [7, 11) is 0. The topological polar surface area (TPSA) is 62.2 Å². The number of ether oxygens (including phenoxy) is 1. The van der Waals surface area contributed by atoms with Crippen molar-refractivity contribution in [3.63, 3.8) is 0 Å². The number of carboxylic acid groups (broad SMARTS) is 1. The van der Waals surface area contributed by atoms with E-state index in [4.69, 9.17) is 4.74 Å². The van der Waals surface area contributed by atoms with Crippen LogP contribution in [0.5, 0.6) is 5.75 Å². The molecule has 1 aromatic heterocycles. The molecule has 5 heteroatoms. The summed E-state index contributed by atoms with van der Waals surface area (Å²) in [6.45, 7) is 6.13. The maximum absolute atomic E-state index is 10.9. The third-order valence-corrected chi connectivity index (χ3v) is 4.03. The minimum atomic E-state index is -1.19. The van der Waals surface area contributed by atoms with Gasteiger partial charge in [-0.2, -0.15) is 0 Å². The van der Waals surface area contributed by atoms with Crippen LogP contribution in [0.2, 0.25) is 0 Å². The second-order valence-electron chi connectivity index (χ2n) is 4.79. The van der Waals surface area contributed by atoms with E-state index in [2.05, 4.69) is 18.8 Å². The molecular weight excluding hydrogens is 274 g/mol. The fourth-order valence-corrected chi connectivity index (χ4v) is 2.74. The number of benzene rings is 1. The van der Waals surface area contributed by atoms with Crippen molar-refractivity contribution in [1.82, 2.24) is 4.98 Å². The maximum Gasteiger partial charge on any atom is 0.140 e. The molecule has 0 amide bonds. The molecular formula is C15H16NO3S-. The Morgan fingerprint density at radius 2 is 2.10 bits per heavy atom. The third kappa shape index (κ3) is 3.17. The highest BCUT2D eigenvalue weighted by molar-refractivity contribution is 7.13. The molecule has 0 unspecified atom stereocenters. The summed E-state index contributed by atoms with van der Waals surface area (Å²) in [6.07, 6.45) is 0. The molecule has 4 nitrogen and oxygen atoms in total. The monoisotopic (exact) mass is 290 g/mol. The average Bonchev–Trinajstić information content (AvgIpc) is 2.78. The first-order valence-corrected chi connectivity index (χ1v) is 7.20. The number of carboxylic acids is 1. The number of hydrogen-bond donors (Lipinski definition) is 0. The zero-order valence-electron chi connectivity index (χ0n) is 11.7. The van der Waals surface area contributed by atoms with E-state index in [1.807, 2.05) is 24.3 Å². The molecule has 0 N–H and O–H groups in total. The van der Waals surface area contributed by atoms with E-state index in [0.717, 1.165) is 22.6 Å². The van der Waals surface area contributed by atoms with Crippen LogP contribution < -0.4 is 9.84 Å². The van der Waals surface area contributed by atoms with E-state index in [9.17, 15) is 9.90 Å². The summed E-state index contributed by atoms with van der Waals surface area (Å²) >= 11 is 1.10. The van der Waals surface area contributed by atoms with Crippen molar-refractivity contribution in [2.45, 2.75) is 33.3 Å². The third-order valence-electron chi connectivity index (χ3n) is 2.92. The standard InChI is InChI=1S/C15H17NO3S/c1-9(2)11-6-4-5-7-12(11)19-8-13-16-10(3)14(20-13)15(17)18/h4-7,9H,8H2,1-3H3,(H,17,18)/p-1. The van der Waals surface area contributed by atoms with Crippen LogP contribution in [0.25, 0.3) is 0 Å². The lowest BCUT2D eigenvalue weighted by Crippen LogP contribution is -2.21. The minimum absolute atomic E-state index is 0.167. The molecule has 1 aromatic carbocycles. The van der Waals surface area contributed by atoms with Gasteiger partial charge >= 0.3 is 0 Å². The minimum Gasteiger partial charge on any atom is -0.544 e. The predicted molar refractivity (Wildman–Crippen MR) is 76.0 cm³/mol. The lowest BCUT2D eigenvalue weighted by atomic mass is 10.0. The quantitative estimate of drug-likeness (QED) is 0.849. The Kier molecular flexibility index (Phi) is 4.39. The summed E-state index contributed by atoms with van der Waals surface area (Å²) in [5.74, 6) is -0.0119.